The van der Waals surface area contributed by atoms with Crippen molar-refractivity contribution in [3.05, 3.63) is 59.9 Å². The van der Waals surface area contributed by atoms with Gasteiger partial charge in [-0.2, -0.15) is 0 Å². The van der Waals surface area contributed by atoms with Gasteiger partial charge in [-0.3, -0.25) is 4.79 Å². The third-order valence-electron chi connectivity index (χ3n) is 4.37. The van der Waals surface area contributed by atoms with Crippen LogP contribution in [0.25, 0.3) is 0 Å². The molecule has 1 aliphatic rings. The molecule has 138 valence electrons. The van der Waals surface area contributed by atoms with Crippen LogP contribution < -0.4 is 4.74 Å². The minimum absolute atomic E-state index is 0.0857. The van der Waals surface area contributed by atoms with Gasteiger partial charge in [-0.15, -0.1) is 0 Å². The first kappa shape index (κ1) is 18.4. The van der Waals surface area contributed by atoms with Crippen molar-refractivity contribution in [2.45, 2.75) is 23.5 Å². The van der Waals surface area contributed by atoms with Gasteiger partial charge in [-0.05, 0) is 48.9 Å². The van der Waals surface area contributed by atoms with Gasteiger partial charge in [-0.25, -0.2) is 12.8 Å². The van der Waals surface area contributed by atoms with Crippen molar-refractivity contribution in [3.8, 4) is 5.75 Å². The smallest absolute Gasteiger partial charge is 0.227 e. The van der Waals surface area contributed by atoms with Crippen molar-refractivity contribution in [1.29, 1.82) is 0 Å². The van der Waals surface area contributed by atoms with Crippen LogP contribution in [0.4, 0.5) is 4.39 Å². The molecule has 2 aromatic carbocycles. The quantitative estimate of drug-likeness (QED) is 0.726. The first-order valence-electron chi connectivity index (χ1n) is 8.39. The van der Waals surface area contributed by atoms with Gasteiger partial charge >= 0.3 is 0 Å². The van der Waals surface area contributed by atoms with Crippen molar-refractivity contribution in [2.24, 2.45) is 0 Å². The van der Waals surface area contributed by atoms with Crippen LogP contribution in [-0.2, 0) is 21.1 Å². The highest BCUT2D eigenvalue weighted by Crippen LogP contribution is 2.25. The molecule has 1 amide bonds. The molecule has 0 aliphatic carbocycles. The molecule has 3 rings (SSSR count). The molecule has 5 nitrogen and oxygen atoms in total. The van der Waals surface area contributed by atoms with E-state index in [-0.39, 0.29) is 30.3 Å². The number of likely N-dealkylation sites (tertiary alicyclic amines) is 1. The average Bonchev–Trinajstić information content (AvgIpc) is 2.55. The van der Waals surface area contributed by atoms with Crippen LogP contribution >= 0.6 is 0 Å². The molecular weight excluding hydrogens is 357 g/mol. The van der Waals surface area contributed by atoms with Gasteiger partial charge in [0.05, 0.1) is 17.9 Å². The SMILES string of the molecule is CCOc1ccc(CC(=O)N2CC(S(=O)(=O)c3ccc(F)cc3)C2)cc1. The third kappa shape index (κ3) is 3.88. The molecule has 26 heavy (non-hydrogen) atoms. The van der Waals surface area contributed by atoms with Crippen LogP contribution in [0.15, 0.2) is 53.4 Å². The molecular formula is C19H20FNO4S. The van der Waals surface area contributed by atoms with Gasteiger partial charge in [-0.1, -0.05) is 12.1 Å². The lowest BCUT2D eigenvalue weighted by Crippen LogP contribution is -2.57. The monoisotopic (exact) mass is 377 g/mol. The summed E-state index contributed by atoms with van der Waals surface area (Å²) in [6, 6.07) is 12.0. The number of ether oxygens (including phenoxy) is 1. The second-order valence-corrected chi connectivity index (χ2v) is 8.40. The Labute approximate surface area is 152 Å². The molecule has 0 saturated carbocycles. The Kier molecular flexibility index (Phi) is 5.27. The minimum Gasteiger partial charge on any atom is -0.494 e. The molecule has 0 unspecified atom stereocenters. The van der Waals surface area contributed by atoms with E-state index in [1.807, 2.05) is 31.2 Å². The summed E-state index contributed by atoms with van der Waals surface area (Å²) in [6.07, 6.45) is 0.218. The topological polar surface area (TPSA) is 63.7 Å². The minimum atomic E-state index is -3.55. The van der Waals surface area contributed by atoms with Crippen LogP contribution in [0.5, 0.6) is 5.75 Å². The van der Waals surface area contributed by atoms with Crippen molar-refractivity contribution in [2.75, 3.05) is 19.7 Å². The van der Waals surface area contributed by atoms with Gasteiger partial charge in [0.2, 0.25) is 5.91 Å². The number of rotatable bonds is 6. The van der Waals surface area contributed by atoms with Crippen LogP contribution in [0.1, 0.15) is 12.5 Å². The van der Waals surface area contributed by atoms with Gasteiger partial charge in [0.25, 0.3) is 0 Å². The van der Waals surface area contributed by atoms with Gasteiger partial charge in [0.1, 0.15) is 16.8 Å². The Morgan fingerprint density at radius 1 is 1.12 bits per heavy atom. The molecule has 2 aromatic rings. The van der Waals surface area contributed by atoms with Crippen LogP contribution in [0.3, 0.4) is 0 Å². The van der Waals surface area contributed by atoms with Crippen LogP contribution in [0.2, 0.25) is 0 Å². The average molecular weight is 377 g/mol. The molecule has 0 N–H and O–H groups in total. The molecule has 0 spiro atoms. The van der Waals surface area contributed by atoms with Gasteiger partial charge in [0, 0.05) is 13.1 Å². The van der Waals surface area contributed by atoms with Crippen molar-refractivity contribution < 1.29 is 22.3 Å². The highest BCUT2D eigenvalue weighted by Gasteiger charge is 2.40. The Balaban J connectivity index is 1.57. The Bertz CT molecular complexity index is 873. The summed E-state index contributed by atoms with van der Waals surface area (Å²) in [6.45, 7) is 2.80. The van der Waals surface area contributed by atoms with E-state index in [0.29, 0.717) is 6.61 Å². The number of carbonyl (C=O) groups excluding carboxylic acids is 1. The van der Waals surface area contributed by atoms with E-state index < -0.39 is 20.9 Å². The number of benzene rings is 2. The van der Waals surface area contributed by atoms with E-state index in [1.165, 1.54) is 17.0 Å². The molecule has 1 aliphatic heterocycles. The lowest BCUT2D eigenvalue weighted by atomic mass is 10.1. The molecule has 1 heterocycles. The molecule has 1 fully saturated rings. The summed E-state index contributed by atoms with van der Waals surface area (Å²) in [4.78, 5) is 13.9. The maximum atomic E-state index is 13.0. The summed E-state index contributed by atoms with van der Waals surface area (Å²) in [5, 5.41) is -0.641. The fourth-order valence-corrected chi connectivity index (χ4v) is 4.46. The number of sulfone groups is 1. The van der Waals surface area contributed by atoms with E-state index in [9.17, 15) is 17.6 Å². The summed E-state index contributed by atoms with van der Waals surface area (Å²) in [7, 11) is -3.55. The lowest BCUT2D eigenvalue weighted by Gasteiger charge is -2.38. The Morgan fingerprint density at radius 3 is 2.31 bits per heavy atom. The van der Waals surface area contributed by atoms with E-state index in [1.54, 1.807) is 0 Å². The third-order valence-corrected chi connectivity index (χ3v) is 6.48. The second kappa shape index (κ2) is 7.45. The molecule has 0 radical (unpaired) electrons. The molecule has 0 bridgehead atoms. The summed E-state index contributed by atoms with van der Waals surface area (Å²) >= 11 is 0. The van der Waals surface area contributed by atoms with E-state index in [0.717, 1.165) is 23.4 Å². The summed E-state index contributed by atoms with van der Waals surface area (Å²) < 4.78 is 43.3. The van der Waals surface area contributed by atoms with Crippen LogP contribution in [0, 0.1) is 5.82 Å². The standard InChI is InChI=1S/C19H20FNO4S/c1-2-25-16-7-3-14(4-8-16)11-19(22)21-12-18(13-21)26(23,24)17-9-5-15(20)6-10-17/h3-10,18H,2,11-13H2,1H3. The number of nitrogens with zero attached hydrogens (tertiary/aromatic N) is 1. The van der Waals surface area contributed by atoms with Gasteiger partial charge in [0.15, 0.2) is 9.84 Å². The molecule has 7 heteroatoms. The zero-order valence-corrected chi connectivity index (χ0v) is 15.2. The predicted molar refractivity (Wildman–Crippen MR) is 95.3 cm³/mol. The van der Waals surface area contributed by atoms with E-state index in [2.05, 4.69) is 0 Å². The Morgan fingerprint density at radius 2 is 1.73 bits per heavy atom. The van der Waals surface area contributed by atoms with Crippen molar-refractivity contribution >= 4 is 15.7 Å². The zero-order chi connectivity index (χ0) is 18.7. The second-order valence-electron chi connectivity index (χ2n) is 6.17. The Hall–Kier alpha value is -2.41. The first-order valence-corrected chi connectivity index (χ1v) is 9.93. The maximum Gasteiger partial charge on any atom is 0.227 e. The van der Waals surface area contributed by atoms with Crippen LogP contribution in [-0.4, -0.2) is 44.2 Å². The van der Waals surface area contributed by atoms with Crippen molar-refractivity contribution in [1.82, 2.24) is 4.90 Å². The number of amides is 1. The molecule has 0 aromatic heterocycles. The number of hydrogen-bond acceptors (Lipinski definition) is 4. The number of carbonyl (C=O) groups is 1. The maximum absolute atomic E-state index is 13.0. The number of halogens is 1. The lowest BCUT2D eigenvalue weighted by molar-refractivity contribution is -0.133. The van der Waals surface area contributed by atoms with E-state index in [4.69, 9.17) is 4.74 Å². The predicted octanol–water partition coefficient (Wildman–Crippen LogP) is 2.45. The fraction of sp³-hybridized carbons (Fsp3) is 0.316. The fourth-order valence-electron chi connectivity index (χ4n) is 2.81. The molecule has 0 atom stereocenters. The summed E-state index contributed by atoms with van der Waals surface area (Å²) in [5.41, 5.74) is 0.850. The summed E-state index contributed by atoms with van der Waals surface area (Å²) in [5.74, 6) is 0.155. The largest absolute Gasteiger partial charge is 0.494 e. The molecule has 1 saturated heterocycles. The normalized spacial score (nSPS) is 14.8. The van der Waals surface area contributed by atoms with Crippen molar-refractivity contribution in [3.63, 3.8) is 0 Å². The number of hydrogen-bond donors (Lipinski definition) is 0. The highest BCUT2D eigenvalue weighted by molar-refractivity contribution is 7.92. The first-order chi connectivity index (χ1) is 12.4. The highest BCUT2D eigenvalue weighted by atomic mass is 32.2. The zero-order valence-electron chi connectivity index (χ0n) is 14.4. The van der Waals surface area contributed by atoms with Gasteiger partial charge < -0.3 is 9.64 Å². The van der Waals surface area contributed by atoms with E-state index >= 15 is 0 Å².